The molecule has 5 rings (SSSR count). The zero-order valence-electron chi connectivity index (χ0n) is 23.5. The Bertz CT molecular complexity index is 1590. The molecule has 1 N–H and O–H groups in total. The Hall–Kier alpha value is -4.69. The average Bonchev–Trinajstić information content (AvgIpc) is 2.99. The summed E-state index contributed by atoms with van der Waals surface area (Å²) in [6, 6.07) is 37.3. The lowest BCUT2D eigenvalue weighted by molar-refractivity contribution is 0.698. The molecule has 0 bridgehead atoms. The number of allylic oxidation sites excluding steroid dienone is 7. The normalized spacial score (nSPS) is 17.0. The number of benzene rings is 4. The van der Waals surface area contributed by atoms with Crippen molar-refractivity contribution in [2.24, 2.45) is 11.8 Å². The van der Waals surface area contributed by atoms with Crippen LogP contribution in [0, 0.1) is 24.2 Å². The van der Waals surface area contributed by atoms with E-state index in [1.54, 1.807) is 0 Å². The summed E-state index contributed by atoms with van der Waals surface area (Å²) in [4.78, 5) is 2.00. The van der Waals surface area contributed by atoms with Gasteiger partial charge in [-0.1, -0.05) is 109 Å². The van der Waals surface area contributed by atoms with Crippen molar-refractivity contribution in [2.45, 2.75) is 20.8 Å². The smallest absolute Gasteiger partial charge is 0.137 e. The Kier molecular flexibility index (Phi) is 8.07. The lowest BCUT2D eigenvalue weighted by Crippen LogP contribution is -2.26. The first kappa shape index (κ1) is 26.9. The van der Waals surface area contributed by atoms with Crippen molar-refractivity contribution in [3.63, 3.8) is 0 Å². The minimum absolute atomic E-state index is 0.146. The third-order valence-electron chi connectivity index (χ3n) is 7.71. The van der Waals surface area contributed by atoms with Gasteiger partial charge in [-0.25, -0.2) is 0 Å². The molecule has 2 heteroatoms. The molecule has 40 heavy (non-hydrogen) atoms. The molecule has 0 aliphatic heterocycles. The van der Waals surface area contributed by atoms with Crippen molar-refractivity contribution in [1.82, 2.24) is 0 Å². The topological polar surface area (TPSA) is 27.1 Å². The van der Waals surface area contributed by atoms with Gasteiger partial charge in [-0.15, -0.1) is 6.58 Å². The van der Waals surface area contributed by atoms with E-state index >= 15 is 0 Å². The van der Waals surface area contributed by atoms with E-state index in [9.17, 15) is 0 Å². The van der Waals surface area contributed by atoms with E-state index in [1.165, 1.54) is 33.4 Å². The Balaban J connectivity index is 1.58. The first-order valence-electron chi connectivity index (χ1n) is 13.9. The molecule has 0 saturated heterocycles. The van der Waals surface area contributed by atoms with Gasteiger partial charge in [-0.3, -0.25) is 10.3 Å². The van der Waals surface area contributed by atoms with Crippen LogP contribution in [0.5, 0.6) is 0 Å². The number of hydrogen-bond donors (Lipinski definition) is 1. The number of nitrogens with one attached hydrogen (secondary N) is 1. The summed E-state index contributed by atoms with van der Waals surface area (Å²) in [6.45, 7) is 10.8. The standard InChI is InChI=1S/C38H36N2/c1-5-15-35-33(6-2)36(26-28(4)37(35)34-21-14-13-16-27(34)3)29-22-24-32(25-23-29)40(31-19-11-8-12-20-31)38(39)30-17-9-7-10-18-30/h5-26,33,35,39H,2H2,1,3-4H3. The SMILES string of the molecule is C=CC1C(c2ccc(N(C(=N)c3ccccc3)c3ccccc3)cc2)=CC(C)=C(c2ccccc2C)C1C=CC. The molecule has 2 atom stereocenters. The monoisotopic (exact) mass is 520 g/mol. The number of nitrogens with zero attached hydrogens (tertiary/aromatic N) is 1. The van der Waals surface area contributed by atoms with Crippen LogP contribution in [0.2, 0.25) is 0 Å². The zero-order chi connectivity index (χ0) is 28.1. The second-order valence-electron chi connectivity index (χ2n) is 10.3. The van der Waals surface area contributed by atoms with Gasteiger partial charge in [0, 0.05) is 28.8 Å². The van der Waals surface area contributed by atoms with Gasteiger partial charge in [0.15, 0.2) is 0 Å². The van der Waals surface area contributed by atoms with E-state index in [0.717, 1.165) is 16.9 Å². The number of aryl methyl sites for hydroxylation is 1. The van der Waals surface area contributed by atoms with Gasteiger partial charge in [-0.2, -0.15) is 0 Å². The van der Waals surface area contributed by atoms with E-state index < -0.39 is 0 Å². The summed E-state index contributed by atoms with van der Waals surface area (Å²) in [7, 11) is 0. The largest absolute Gasteiger partial charge is 0.295 e. The quantitative estimate of drug-likeness (QED) is 0.146. The molecule has 4 aromatic rings. The fourth-order valence-electron chi connectivity index (χ4n) is 5.80. The zero-order valence-corrected chi connectivity index (χ0v) is 23.5. The van der Waals surface area contributed by atoms with Crippen molar-refractivity contribution in [3.8, 4) is 0 Å². The van der Waals surface area contributed by atoms with Gasteiger partial charge in [0.1, 0.15) is 5.84 Å². The van der Waals surface area contributed by atoms with Crippen molar-refractivity contribution in [3.05, 3.63) is 168 Å². The molecule has 0 amide bonds. The van der Waals surface area contributed by atoms with Gasteiger partial charge < -0.3 is 0 Å². The Morgan fingerprint density at radius 3 is 1.98 bits per heavy atom. The molecule has 0 heterocycles. The summed E-state index contributed by atoms with van der Waals surface area (Å²) in [5.41, 5.74) is 10.5. The van der Waals surface area contributed by atoms with Crippen LogP contribution in [0.15, 0.2) is 146 Å². The van der Waals surface area contributed by atoms with Crippen LogP contribution in [-0.2, 0) is 0 Å². The highest BCUT2D eigenvalue weighted by atomic mass is 15.2. The molecule has 0 fully saturated rings. The van der Waals surface area contributed by atoms with Crippen LogP contribution in [0.25, 0.3) is 11.1 Å². The summed E-state index contributed by atoms with van der Waals surface area (Å²) < 4.78 is 0. The number of rotatable bonds is 7. The average molecular weight is 521 g/mol. The molecule has 2 nitrogen and oxygen atoms in total. The van der Waals surface area contributed by atoms with Crippen LogP contribution in [0.1, 0.15) is 36.1 Å². The van der Waals surface area contributed by atoms with Crippen molar-refractivity contribution >= 4 is 28.4 Å². The molecule has 0 spiro atoms. The van der Waals surface area contributed by atoms with Crippen LogP contribution >= 0.6 is 0 Å². The number of hydrogen-bond acceptors (Lipinski definition) is 1. The summed E-state index contributed by atoms with van der Waals surface area (Å²) in [5, 5.41) is 9.08. The maximum absolute atomic E-state index is 9.08. The predicted molar refractivity (Wildman–Crippen MR) is 172 cm³/mol. The molecule has 0 radical (unpaired) electrons. The van der Waals surface area contributed by atoms with E-state index in [1.807, 2.05) is 65.6 Å². The van der Waals surface area contributed by atoms with Crippen molar-refractivity contribution in [2.75, 3.05) is 4.90 Å². The molecule has 0 saturated carbocycles. The Morgan fingerprint density at radius 2 is 1.35 bits per heavy atom. The number of para-hydroxylation sites is 1. The van der Waals surface area contributed by atoms with E-state index in [2.05, 4.69) is 100 Å². The molecule has 198 valence electrons. The minimum atomic E-state index is 0.146. The molecule has 4 aromatic carbocycles. The Labute approximate surface area is 238 Å². The second-order valence-corrected chi connectivity index (χ2v) is 10.3. The summed E-state index contributed by atoms with van der Waals surface area (Å²) >= 11 is 0. The molecule has 0 aromatic heterocycles. The number of anilines is 2. The molecule has 1 aliphatic carbocycles. The second kappa shape index (κ2) is 12.0. The van der Waals surface area contributed by atoms with E-state index in [0.29, 0.717) is 5.84 Å². The van der Waals surface area contributed by atoms with Crippen LogP contribution in [-0.4, -0.2) is 5.84 Å². The maximum Gasteiger partial charge on any atom is 0.137 e. The first-order valence-corrected chi connectivity index (χ1v) is 13.9. The van der Waals surface area contributed by atoms with Gasteiger partial charge in [0.05, 0.1) is 0 Å². The highest BCUT2D eigenvalue weighted by Crippen LogP contribution is 2.46. The van der Waals surface area contributed by atoms with Gasteiger partial charge in [-0.05, 0) is 78.4 Å². The van der Waals surface area contributed by atoms with Crippen molar-refractivity contribution in [1.29, 1.82) is 5.41 Å². The fraction of sp³-hybridized carbons (Fsp3) is 0.132. The fourth-order valence-corrected chi connectivity index (χ4v) is 5.80. The first-order chi connectivity index (χ1) is 19.5. The third-order valence-corrected chi connectivity index (χ3v) is 7.71. The molecular formula is C38H36N2. The van der Waals surface area contributed by atoms with Crippen LogP contribution < -0.4 is 4.90 Å². The van der Waals surface area contributed by atoms with Gasteiger partial charge in [0.25, 0.3) is 0 Å². The van der Waals surface area contributed by atoms with E-state index in [-0.39, 0.29) is 11.8 Å². The molecular weight excluding hydrogens is 484 g/mol. The lowest BCUT2D eigenvalue weighted by Gasteiger charge is -2.34. The summed E-state index contributed by atoms with van der Waals surface area (Å²) in [6.07, 6.45) is 8.91. The van der Waals surface area contributed by atoms with Crippen molar-refractivity contribution < 1.29 is 0 Å². The third kappa shape index (κ3) is 5.26. The van der Waals surface area contributed by atoms with Gasteiger partial charge in [0.2, 0.25) is 0 Å². The van der Waals surface area contributed by atoms with Gasteiger partial charge >= 0.3 is 0 Å². The van der Waals surface area contributed by atoms with E-state index in [4.69, 9.17) is 5.41 Å². The lowest BCUT2D eigenvalue weighted by atomic mass is 9.70. The number of amidine groups is 1. The van der Waals surface area contributed by atoms with Crippen LogP contribution in [0.4, 0.5) is 11.4 Å². The predicted octanol–water partition coefficient (Wildman–Crippen LogP) is 10.0. The molecule has 2 unspecified atom stereocenters. The summed E-state index contributed by atoms with van der Waals surface area (Å²) in [5.74, 6) is 0.791. The highest BCUT2D eigenvalue weighted by molar-refractivity contribution is 6.12. The van der Waals surface area contributed by atoms with Crippen LogP contribution in [0.3, 0.4) is 0 Å². The molecule has 1 aliphatic rings. The Morgan fingerprint density at radius 1 is 0.750 bits per heavy atom. The maximum atomic E-state index is 9.08. The minimum Gasteiger partial charge on any atom is -0.295 e. The highest BCUT2D eigenvalue weighted by Gasteiger charge is 2.31.